The summed E-state index contributed by atoms with van der Waals surface area (Å²) in [4.78, 5) is 16.2. The molecule has 0 unspecified atom stereocenters. The van der Waals surface area contributed by atoms with Crippen LogP contribution in [0.4, 0.5) is 0 Å². The number of fused-ring (bicyclic) bond motifs is 1. The molecule has 1 aromatic carbocycles. The predicted molar refractivity (Wildman–Crippen MR) is 81.3 cm³/mol. The second kappa shape index (κ2) is 5.99. The van der Waals surface area contributed by atoms with Crippen LogP contribution in [0.3, 0.4) is 0 Å². The van der Waals surface area contributed by atoms with E-state index in [1.807, 2.05) is 12.1 Å². The number of rotatable bonds is 4. The van der Waals surface area contributed by atoms with Crippen LogP contribution in [-0.4, -0.2) is 27.9 Å². The van der Waals surface area contributed by atoms with Crippen LogP contribution >= 0.6 is 0 Å². The van der Waals surface area contributed by atoms with Crippen molar-refractivity contribution in [3.8, 4) is 23.0 Å². The van der Waals surface area contributed by atoms with Crippen molar-refractivity contribution in [1.29, 1.82) is 0 Å². The zero-order valence-corrected chi connectivity index (χ0v) is 12.4. The average Bonchev–Trinajstić information content (AvgIpc) is 3.29. The zero-order chi connectivity index (χ0) is 16.4. The van der Waals surface area contributed by atoms with Gasteiger partial charge in [-0.3, -0.25) is 9.78 Å². The van der Waals surface area contributed by atoms with Crippen LogP contribution in [0.5, 0.6) is 11.5 Å². The molecule has 24 heavy (non-hydrogen) atoms. The Morgan fingerprint density at radius 3 is 2.92 bits per heavy atom. The van der Waals surface area contributed by atoms with Crippen molar-refractivity contribution in [2.24, 2.45) is 0 Å². The van der Waals surface area contributed by atoms with E-state index in [0.717, 1.165) is 5.69 Å². The molecule has 1 aliphatic heterocycles. The van der Waals surface area contributed by atoms with E-state index in [1.165, 1.54) is 0 Å². The number of hydrogen-bond acceptors (Lipinski definition) is 7. The molecule has 4 rings (SSSR count). The van der Waals surface area contributed by atoms with Crippen molar-refractivity contribution in [3.63, 3.8) is 0 Å². The molecule has 1 N–H and O–H groups in total. The third kappa shape index (κ3) is 2.76. The highest BCUT2D eigenvalue weighted by Gasteiger charge is 2.19. The SMILES string of the molecule is O=C(NCc1ccccn1)c1nnc(-c2ccc3c(c2)OCO3)o1. The average molecular weight is 324 g/mol. The van der Waals surface area contributed by atoms with Gasteiger partial charge < -0.3 is 19.2 Å². The number of benzene rings is 1. The lowest BCUT2D eigenvalue weighted by atomic mass is 10.2. The third-order valence-corrected chi connectivity index (χ3v) is 3.39. The minimum absolute atomic E-state index is 0.112. The summed E-state index contributed by atoms with van der Waals surface area (Å²) in [7, 11) is 0. The Labute approximate surface area is 136 Å². The Morgan fingerprint density at radius 1 is 1.12 bits per heavy atom. The number of carbonyl (C=O) groups is 1. The Morgan fingerprint density at radius 2 is 2.04 bits per heavy atom. The van der Waals surface area contributed by atoms with Crippen LogP contribution in [0.25, 0.3) is 11.5 Å². The molecule has 0 atom stereocenters. The summed E-state index contributed by atoms with van der Waals surface area (Å²) in [6.07, 6.45) is 1.66. The normalized spacial score (nSPS) is 12.2. The number of ether oxygens (including phenoxy) is 2. The molecule has 0 aliphatic carbocycles. The fourth-order valence-electron chi connectivity index (χ4n) is 2.21. The van der Waals surface area contributed by atoms with Gasteiger partial charge in [0.05, 0.1) is 12.2 Å². The van der Waals surface area contributed by atoms with E-state index < -0.39 is 5.91 Å². The molecule has 0 saturated heterocycles. The van der Waals surface area contributed by atoms with Gasteiger partial charge in [-0.2, -0.15) is 0 Å². The molecule has 120 valence electrons. The van der Waals surface area contributed by atoms with E-state index in [0.29, 0.717) is 17.1 Å². The van der Waals surface area contributed by atoms with Crippen molar-refractivity contribution in [2.45, 2.75) is 6.54 Å². The van der Waals surface area contributed by atoms with E-state index in [1.54, 1.807) is 30.5 Å². The molecule has 3 heterocycles. The van der Waals surface area contributed by atoms with Crippen LogP contribution in [0.15, 0.2) is 47.0 Å². The monoisotopic (exact) mass is 324 g/mol. The van der Waals surface area contributed by atoms with Gasteiger partial charge in [0.15, 0.2) is 11.5 Å². The van der Waals surface area contributed by atoms with Gasteiger partial charge in [0.1, 0.15) is 0 Å². The summed E-state index contributed by atoms with van der Waals surface area (Å²) in [5.74, 6) is 0.925. The van der Waals surface area contributed by atoms with Crippen molar-refractivity contribution in [3.05, 3.63) is 54.2 Å². The topological polar surface area (TPSA) is 99.4 Å². The van der Waals surface area contributed by atoms with Gasteiger partial charge in [0.2, 0.25) is 12.7 Å². The Bertz CT molecular complexity index is 879. The lowest BCUT2D eigenvalue weighted by Crippen LogP contribution is -2.23. The number of aromatic nitrogens is 3. The third-order valence-electron chi connectivity index (χ3n) is 3.39. The number of amides is 1. The highest BCUT2D eigenvalue weighted by Crippen LogP contribution is 2.35. The van der Waals surface area contributed by atoms with Crippen LogP contribution < -0.4 is 14.8 Å². The van der Waals surface area contributed by atoms with Crippen LogP contribution in [-0.2, 0) is 6.54 Å². The molecule has 1 amide bonds. The van der Waals surface area contributed by atoms with Gasteiger partial charge in [-0.1, -0.05) is 6.07 Å². The molecule has 0 spiro atoms. The predicted octanol–water partition coefficient (Wildman–Crippen LogP) is 1.79. The molecule has 0 radical (unpaired) electrons. The van der Waals surface area contributed by atoms with E-state index >= 15 is 0 Å². The molecule has 3 aromatic rings. The second-order valence-electron chi connectivity index (χ2n) is 4.98. The summed E-state index contributed by atoms with van der Waals surface area (Å²) >= 11 is 0. The molecule has 1 aliphatic rings. The summed E-state index contributed by atoms with van der Waals surface area (Å²) < 4.78 is 16.0. The summed E-state index contributed by atoms with van der Waals surface area (Å²) in [5.41, 5.74) is 1.39. The molecule has 8 nitrogen and oxygen atoms in total. The van der Waals surface area contributed by atoms with Gasteiger partial charge >= 0.3 is 11.8 Å². The van der Waals surface area contributed by atoms with E-state index in [-0.39, 0.29) is 25.1 Å². The van der Waals surface area contributed by atoms with Gasteiger partial charge in [0.25, 0.3) is 0 Å². The Hall–Kier alpha value is -3.42. The van der Waals surface area contributed by atoms with Crippen LogP contribution in [0.2, 0.25) is 0 Å². The van der Waals surface area contributed by atoms with Crippen LogP contribution in [0, 0.1) is 0 Å². The number of carbonyl (C=O) groups excluding carboxylic acids is 1. The fraction of sp³-hybridized carbons (Fsp3) is 0.125. The largest absolute Gasteiger partial charge is 0.454 e. The lowest BCUT2D eigenvalue weighted by molar-refractivity contribution is 0.0916. The maximum Gasteiger partial charge on any atom is 0.309 e. The first kappa shape index (κ1) is 14.2. The van der Waals surface area contributed by atoms with Gasteiger partial charge in [-0.25, -0.2) is 0 Å². The lowest BCUT2D eigenvalue weighted by Gasteiger charge is -2.01. The second-order valence-corrected chi connectivity index (χ2v) is 4.98. The van der Waals surface area contributed by atoms with Crippen molar-refractivity contribution in [2.75, 3.05) is 6.79 Å². The minimum atomic E-state index is -0.458. The van der Waals surface area contributed by atoms with Crippen molar-refractivity contribution < 1.29 is 18.7 Å². The number of nitrogens with zero attached hydrogens (tertiary/aromatic N) is 3. The zero-order valence-electron chi connectivity index (χ0n) is 12.4. The van der Waals surface area contributed by atoms with Gasteiger partial charge in [-0.15, -0.1) is 10.2 Å². The maximum atomic E-state index is 12.1. The standard InChI is InChI=1S/C16H12N4O4/c21-14(18-8-11-3-1-2-6-17-11)16-20-19-15(24-16)10-4-5-12-13(7-10)23-9-22-12/h1-7H,8-9H2,(H,18,21). The van der Waals surface area contributed by atoms with E-state index in [2.05, 4.69) is 20.5 Å². The first-order chi connectivity index (χ1) is 11.8. The van der Waals surface area contributed by atoms with Gasteiger partial charge in [-0.05, 0) is 30.3 Å². The minimum Gasteiger partial charge on any atom is -0.454 e. The van der Waals surface area contributed by atoms with Crippen molar-refractivity contribution in [1.82, 2.24) is 20.5 Å². The number of pyridine rings is 1. The van der Waals surface area contributed by atoms with Gasteiger partial charge in [0, 0.05) is 11.8 Å². The molecule has 0 saturated carbocycles. The maximum absolute atomic E-state index is 12.1. The van der Waals surface area contributed by atoms with Crippen molar-refractivity contribution >= 4 is 5.91 Å². The fourth-order valence-corrected chi connectivity index (χ4v) is 2.21. The Balaban J connectivity index is 1.47. The first-order valence-electron chi connectivity index (χ1n) is 7.21. The molecule has 0 bridgehead atoms. The molecule has 2 aromatic heterocycles. The molecule has 0 fully saturated rings. The summed E-state index contributed by atoms with van der Waals surface area (Å²) in [6.45, 7) is 0.464. The highest BCUT2D eigenvalue weighted by molar-refractivity contribution is 5.89. The quantitative estimate of drug-likeness (QED) is 0.781. The first-order valence-corrected chi connectivity index (χ1v) is 7.21. The Kier molecular flexibility index (Phi) is 3.54. The summed E-state index contributed by atoms with van der Waals surface area (Å²) in [5, 5.41) is 10.4. The summed E-state index contributed by atoms with van der Waals surface area (Å²) in [6, 6.07) is 10.7. The highest BCUT2D eigenvalue weighted by atomic mass is 16.7. The number of hydrogen-bond donors (Lipinski definition) is 1. The molecular weight excluding hydrogens is 312 g/mol. The number of nitrogens with one attached hydrogen (secondary N) is 1. The smallest absolute Gasteiger partial charge is 0.309 e. The van der Waals surface area contributed by atoms with Crippen LogP contribution in [0.1, 0.15) is 16.4 Å². The molecule has 8 heteroatoms. The van der Waals surface area contributed by atoms with E-state index in [9.17, 15) is 4.79 Å². The molecular formula is C16H12N4O4. The van der Waals surface area contributed by atoms with E-state index in [4.69, 9.17) is 13.9 Å².